The molecule has 0 aliphatic heterocycles. The molecule has 0 atom stereocenters. The van der Waals surface area contributed by atoms with Gasteiger partial charge in [0.15, 0.2) is 6.29 Å². The smallest absolute Gasteiger partial charge is 0.168 e. The molecular formula is C9H9N3O. The van der Waals surface area contributed by atoms with Crippen molar-refractivity contribution < 1.29 is 4.79 Å². The van der Waals surface area contributed by atoms with Crippen LogP contribution in [0.15, 0.2) is 18.3 Å². The lowest BCUT2D eigenvalue weighted by Crippen LogP contribution is -1.84. The highest BCUT2D eigenvalue weighted by Crippen LogP contribution is 2.17. The summed E-state index contributed by atoms with van der Waals surface area (Å²) in [5.41, 5.74) is 2.05. The zero-order chi connectivity index (χ0) is 9.26. The number of carbonyl (C=O) groups is 1. The highest BCUT2D eigenvalue weighted by atomic mass is 16.1. The number of aromatic nitrogens is 3. The lowest BCUT2D eigenvalue weighted by molar-refractivity contribution is 0.112. The van der Waals surface area contributed by atoms with Gasteiger partial charge in [-0.1, -0.05) is 0 Å². The Kier molecular flexibility index (Phi) is 1.73. The van der Waals surface area contributed by atoms with Gasteiger partial charge in [-0.3, -0.25) is 4.79 Å². The van der Waals surface area contributed by atoms with Crippen LogP contribution in [0.1, 0.15) is 16.3 Å². The zero-order valence-corrected chi connectivity index (χ0v) is 7.16. The SMILES string of the molecule is Cc1nc(-c2ccc[nH]2)c(C=O)[nH]1. The molecule has 66 valence electrons. The number of imidazole rings is 1. The first-order valence-electron chi connectivity index (χ1n) is 3.97. The minimum atomic E-state index is 0.514. The number of carbonyl (C=O) groups excluding carboxylic acids is 1. The van der Waals surface area contributed by atoms with Crippen LogP contribution >= 0.6 is 0 Å². The Morgan fingerprint density at radius 1 is 1.54 bits per heavy atom. The number of aromatic amines is 2. The summed E-state index contributed by atoms with van der Waals surface area (Å²) in [6.45, 7) is 1.82. The van der Waals surface area contributed by atoms with E-state index in [-0.39, 0.29) is 0 Å². The van der Waals surface area contributed by atoms with Crippen molar-refractivity contribution in [1.82, 2.24) is 15.0 Å². The van der Waals surface area contributed by atoms with Crippen LogP contribution in [0.25, 0.3) is 11.4 Å². The summed E-state index contributed by atoms with van der Waals surface area (Å²) in [7, 11) is 0. The molecule has 13 heavy (non-hydrogen) atoms. The third-order valence-electron chi connectivity index (χ3n) is 1.82. The summed E-state index contributed by atoms with van der Waals surface area (Å²) < 4.78 is 0. The number of aryl methyl sites for hydroxylation is 1. The topological polar surface area (TPSA) is 61.5 Å². The van der Waals surface area contributed by atoms with E-state index in [4.69, 9.17) is 0 Å². The highest BCUT2D eigenvalue weighted by molar-refractivity contribution is 5.82. The van der Waals surface area contributed by atoms with E-state index in [1.807, 2.05) is 19.1 Å². The molecule has 0 aliphatic carbocycles. The maximum absolute atomic E-state index is 10.7. The Balaban J connectivity index is 2.56. The molecule has 2 rings (SSSR count). The third kappa shape index (κ3) is 1.26. The quantitative estimate of drug-likeness (QED) is 0.680. The fourth-order valence-electron chi connectivity index (χ4n) is 1.28. The molecular weight excluding hydrogens is 166 g/mol. The molecule has 0 radical (unpaired) electrons. The normalized spacial score (nSPS) is 10.2. The van der Waals surface area contributed by atoms with Crippen molar-refractivity contribution in [3.8, 4) is 11.4 Å². The monoisotopic (exact) mass is 175 g/mol. The summed E-state index contributed by atoms with van der Waals surface area (Å²) in [5.74, 6) is 0.742. The predicted molar refractivity (Wildman–Crippen MR) is 48.5 cm³/mol. The first-order valence-corrected chi connectivity index (χ1v) is 3.97. The third-order valence-corrected chi connectivity index (χ3v) is 1.82. The fourth-order valence-corrected chi connectivity index (χ4v) is 1.28. The Labute approximate surface area is 75.0 Å². The summed E-state index contributed by atoms with van der Waals surface area (Å²) in [6.07, 6.45) is 2.57. The summed E-state index contributed by atoms with van der Waals surface area (Å²) in [6, 6.07) is 3.75. The molecule has 0 unspecified atom stereocenters. The first kappa shape index (κ1) is 7.79. The number of hydrogen-bond acceptors (Lipinski definition) is 2. The van der Waals surface area contributed by atoms with Gasteiger partial charge in [0.1, 0.15) is 17.2 Å². The molecule has 4 heteroatoms. The van der Waals surface area contributed by atoms with Crippen LogP contribution in [-0.2, 0) is 0 Å². The minimum Gasteiger partial charge on any atom is -0.360 e. The first-order chi connectivity index (χ1) is 6.31. The number of nitrogens with zero attached hydrogens (tertiary/aromatic N) is 1. The maximum atomic E-state index is 10.7. The van der Waals surface area contributed by atoms with E-state index in [1.165, 1.54) is 0 Å². The molecule has 2 aromatic heterocycles. The van der Waals surface area contributed by atoms with Crippen molar-refractivity contribution in [1.29, 1.82) is 0 Å². The molecule has 0 amide bonds. The van der Waals surface area contributed by atoms with Crippen molar-refractivity contribution in [2.45, 2.75) is 6.92 Å². The van der Waals surface area contributed by atoms with Crippen molar-refractivity contribution in [3.63, 3.8) is 0 Å². The molecule has 2 heterocycles. The van der Waals surface area contributed by atoms with Gasteiger partial charge in [-0.25, -0.2) is 4.98 Å². The molecule has 0 fully saturated rings. The summed E-state index contributed by atoms with van der Waals surface area (Å²) in [4.78, 5) is 20.7. The molecule has 2 aromatic rings. The van der Waals surface area contributed by atoms with Crippen LogP contribution in [0.2, 0.25) is 0 Å². The van der Waals surface area contributed by atoms with Crippen LogP contribution in [-0.4, -0.2) is 21.2 Å². The number of aldehydes is 1. The van der Waals surface area contributed by atoms with Crippen molar-refractivity contribution >= 4 is 6.29 Å². The van der Waals surface area contributed by atoms with E-state index in [0.717, 1.165) is 17.8 Å². The van der Waals surface area contributed by atoms with Gasteiger partial charge in [0.05, 0.1) is 5.69 Å². The molecule has 0 saturated carbocycles. The van der Waals surface area contributed by atoms with Crippen molar-refractivity contribution in [2.24, 2.45) is 0 Å². The van der Waals surface area contributed by atoms with Gasteiger partial charge >= 0.3 is 0 Å². The van der Waals surface area contributed by atoms with Gasteiger partial charge in [-0.15, -0.1) is 0 Å². The largest absolute Gasteiger partial charge is 0.360 e. The van der Waals surface area contributed by atoms with Crippen LogP contribution < -0.4 is 0 Å². The molecule has 0 aromatic carbocycles. The van der Waals surface area contributed by atoms with E-state index in [1.54, 1.807) is 6.20 Å². The van der Waals surface area contributed by atoms with E-state index in [2.05, 4.69) is 15.0 Å². The molecule has 0 saturated heterocycles. The number of H-pyrrole nitrogens is 2. The standard InChI is InChI=1S/C9H9N3O/c1-6-11-8(5-13)9(12-6)7-3-2-4-10-7/h2-5,10H,1H3,(H,11,12). The van der Waals surface area contributed by atoms with Gasteiger partial charge in [0.2, 0.25) is 0 Å². The van der Waals surface area contributed by atoms with Crippen LogP contribution in [0.5, 0.6) is 0 Å². The molecule has 0 spiro atoms. The van der Waals surface area contributed by atoms with Gasteiger partial charge in [0, 0.05) is 6.20 Å². The van der Waals surface area contributed by atoms with E-state index >= 15 is 0 Å². The second-order valence-electron chi connectivity index (χ2n) is 2.79. The lowest BCUT2D eigenvalue weighted by Gasteiger charge is -1.90. The molecule has 4 nitrogen and oxygen atoms in total. The van der Waals surface area contributed by atoms with E-state index < -0.39 is 0 Å². The molecule has 0 aliphatic rings. The van der Waals surface area contributed by atoms with Crippen molar-refractivity contribution in [3.05, 3.63) is 29.8 Å². The second-order valence-corrected chi connectivity index (χ2v) is 2.79. The van der Waals surface area contributed by atoms with Gasteiger partial charge in [-0.2, -0.15) is 0 Å². The van der Waals surface area contributed by atoms with Gasteiger partial charge < -0.3 is 9.97 Å². The lowest BCUT2D eigenvalue weighted by atomic mass is 10.3. The maximum Gasteiger partial charge on any atom is 0.168 e. The van der Waals surface area contributed by atoms with Gasteiger partial charge in [0.25, 0.3) is 0 Å². The average molecular weight is 175 g/mol. The number of rotatable bonds is 2. The fraction of sp³-hybridized carbons (Fsp3) is 0.111. The predicted octanol–water partition coefficient (Wildman–Crippen LogP) is 1.53. The highest BCUT2D eigenvalue weighted by Gasteiger charge is 2.09. The minimum absolute atomic E-state index is 0.514. The zero-order valence-electron chi connectivity index (χ0n) is 7.16. The van der Waals surface area contributed by atoms with Crippen LogP contribution in [0.4, 0.5) is 0 Å². The Morgan fingerprint density at radius 3 is 3.00 bits per heavy atom. The molecule has 2 N–H and O–H groups in total. The Hall–Kier alpha value is -1.84. The van der Waals surface area contributed by atoms with Crippen LogP contribution in [0, 0.1) is 6.92 Å². The average Bonchev–Trinajstić information content (AvgIpc) is 2.71. The number of hydrogen-bond donors (Lipinski definition) is 2. The Bertz CT molecular complexity index is 414. The van der Waals surface area contributed by atoms with E-state index in [9.17, 15) is 4.79 Å². The summed E-state index contributed by atoms with van der Waals surface area (Å²) in [5, 5.41) is 0. The molecule has 0 bridgehead atoms. The number of nitrogens with one attached hydrogen (secondary N) is 2. The van der Waals surface area contributed by atoms with Gasteiger partial charge in [-0.05, 0) is 19.1 Å². The summed E-state index contributed by atoms with van der Waals surface area (Å²) >= 11 is 0. The van der Waals surface area contributed by atoms with Crippen molar-refractivity contribution in [2.75, 3.05) is 0 Å². The second kappa shape index (κ2) is 2.90. The van der Waals surface area contributed by atoms with Crippen LogP contribution in [0.3, 0.4) is 0 Å². The van der Waals surface area contributed by atoms with E-state index in [0.29, 0.717) is 11.4 Å². The Morgan fingerprint density at radius 2 is 2.38 bits per heavy atom.